The first-order chi connectivity index (χ1) is 5.24. The maximum Gasteiger partial charge on any atom is 0.136 e. The summed E-state index contributed by atoms with van der Waals surface area (Å²) in [6.45, 7) is 12.6. The van der Waals surface area contributed by atoms with Crippen molar-refractivity contribution in [3.63, 3.8) is 0 Å². The van der Waals surface area contributed by atoms with Crippen LogP contribution in [-0.2, 0) is 4.79 Å². The van der Waals surface area contributed by atoms with E-state index in [9.17, 15) is 4.79 Å². The second-order valence-corrected chi connectivity index (χ2v) is 5.24. The van der Waals surface area contributed by atoms with Crippen molar-refractivity contribution in [2.45, 2.75) is 48.0 Å². The van der Waals surface area contributed by atoms with E-state index in [1.807, 2.05) is 6.92 Å². The number of carbonyl (C=O) groups is 1. The van der Waals surface area contributed by atoms with Crippen LogP contribution in [0.15, 0.2) is 0 Å². The summed E-state index contributed by atoms with van der Waals surface area (Å²) in [5, 5.41) is 0. The maximum absolute atomic E-state index is 11.6. The molecule has 0 heterocycles. The molecule has 72 valence electrons. The first-order valence-electron chi connectivity index (χ1n) is 4.77. The fourth-order valence-corrected chi connectivity index (χ4v) is 1.06. The van der Waals surface area contributed by atoms with Gasteiger partial charge in [-0.2, -0.15) is 0 Å². The van der Waals surface area contributed by atoms with Gasteiger partial charge < -0.3 is 0 Å². The summed E-state index contributed by atoms with van der Waals surface area (Å²) < 4.78 is 0. The summed E-state index contributed by atoms with van der Waals surface area (Å²) in [7, 11) is 0. The Morgan fingerprint density at radius 2 is 1.58 bits per heavy atom. The smallest absolute Gasteiger partial charge is 0.136 e. The van der Waals surface area contributed by atoms with E-state index in [0.717, 1.165) is 0 Å². The normalized spacial score (nSPS) is 14.9. The van der Waals surface area contributed by atoms with Crippen LogP contribution >= 0.6 is 0 Å². The molecule has 0 rings (SSSR count). The second kappa shape index (κ2) is 4.06. The minimum atomic E-state index is 0.139. The third kappa shape index (κ3) is 4.53. The Labute approximate surface area is 76.6 Å². The highest BCUT2D eigenvalue weighted by atomic mass is 16.1. The molecule has 0 aliphatic rings. The monoisotopic (exact) mass is 170 g/mol. The van der Waals surface area contributed by atoms with E-state index in [1.54, 1.807) is 0 Å². The van der Waals surface area contributed by atoms with Crippen molar-refractivity contribution in [2.75, 3.05) is 0 Å². The van der Waals surface area contributed by atoms with Gasteiger partial charge in [0.05, 0.1) is 0 Å². The van der Waals surface area contributed by atoms with E-state index in [1.165, 1.54) is 0 Å². The molecule has 0 aromatic heterocycles. The predicted molar refractivity (Wildman–Crippen MR) is 53.1 cm³/mol. The van der Waals surface area contributed by atoms with Crippen LogP contribution in [0.3, 0.4) is 0 Å². The van der Waals surface area contributed by atoms with Crippen molar-refractivity contribution >= 4 is 5.78 Å². The fourth-order valence-electron chi connectivity index (χ4n) is 1.06. The van der Waals surface area contributed by atoms with Crippen LogP contribution in [-0.4, -0.2) is 5.78 Å². The zero-order valence-electron chi connectivity index (χ0n) is 9.27. The van der Waals surface area contributed by atoms with Gasteiger partial charge in [0.15, 0.2) is 0 Å². The molecule has 0 amide bonds. The lowest BCUT2D eigenvalue weighted by Crippen LogP contribution is -2.22. The molecule has 1 heteroatoms. The summed E-state index contributed by atoms with van der Waals surface area (Å²) in [6.07, 6.45) is 0.701. The Morgan fingerprint density at radius 1 is 1.17 bits per heavy atom. The number of hydrogen-bond acceptors (Lipinski definition) is 1. The van der Waals surface area contributed by atoms with Crippen LogP contribution in [0, 0.1) is 17.3 Å². The van der Waals surface area contributed by atoms with Crippen molar-refractivity contribution in [3.05, 3.63) is 0 Å². The minimum absolute atomic E-state index is 0.139. The summed E-state index contributed by atoms with van der Waals surface area (Å²) in [5.41, 5.74) is 0.139. The van der Waals surface area contributed by atoms with Crippen molar-refractivity contribution in [1.82, 2.24) is 0 Å². The van der Waals surface area contributed by atoms with Gasteiger partial charge in [-0.3, -0.25) is 4.79 Å². The molecule has 1 atom stereocenters. The Morgan fingerprint density at radius 3 is 1.83 bits per heavy atom. The molecule has 12 heavy (non-hydrogen) atoms. The van der Waals surface area contributed by atoms with Crippen molar-refractivity contribution in [1.29, 1.82) is 0 Å². The van der Waals surface area contributed by atoms with Crippen LogP contribution in [0.4, 0.5) is 0 Å². The molecular weight excluding hydrogens is 148 g/mol. The summed E-state index contributed by atoms with van der Waals surface area (Å²) in [5.74, 6) is 1.08. The second-order valence-electron chi connectivity index (χ2n) is 5.24. The highest BCUT2D eigenvalue weighted by molar-refractivity contribution is 5.81. The zero-order chi connectivity index (χ0) is 9.94. The highest BCUT2D eigenvalue weighted by Gasteiger charge is 2.22. The average Bonchev–Trinajstić information content (AvgIpc) is 1.82. The number of Topliss-reactive ketones (excluding diaryl/α,β-unsaturated/α-hetero) is 1. The summed E-state index contributed by atoms with van der Waals surface area (Å²) >= 11 is 0. The van der Waals surface area contributed by atoms with Crippen LogP contribution in [0.5, 0.6) is 0 Å². The standard InChI is InChI=1S/C11H22O/c1-8(2)9(3)10(12)7-11(4,5)6/h8-9H,7H2,1-6H3/t9-/m1/s1. The molecular formula is C11H22O. The van der Waals surface area contributed by atoms with Gasteiger partial charge in [-0.1, -0.05) is 41.5 Å². The average molecular weight is 170 g/mol. The minimum Gasteiger partial charge on any atom is -0.299 e. The van der Waals surface area contributed by atoms with Gasteiger partial charge in [0.25, 0.3) is 0 Å². The lowest BCUT2D eigenvalue weighted by Gasteiger charge is -2.21. The van der Waals surface area contributed by atoms with Gasteiger partial charge in [-0.15, -0.1) is 0 Å². The third-order valence-corrected chi connectivity index (χ3v) is 2.21. The maximum atomic E-state index is 11.6. The first-order valence-corrected chi connectivity index (χ1v) is 4.77. The molecule has 0 N–H and O–H groups in total. The molecule has 1 nitrogen and oxygen atoms in total. The third-order valence-electron chi connectivity index (χ3n) is 2.21. The van der Waals surface area contributed by atoms with Crippen LogP contribution < -0.4 is 0 Å². The Bertz CT molecular complexity index is 151. The quantitative estimate of drug-likeness (QED) is 0.635. The molecule has 0 radical (unpaired) electrons. The van der Waals surface area contributed by atoms with E-state index in [4.69, 9.17) is 0 Å². The molecule has 0 saturated heterocycles. The predicted octanol–water partition coefficient (Wildman–Crippen LogP) is 3.28. The molecule has 0 aromatic rings. The van der Waals surface area contributed by atoms with Gasteiger partial charge in [0.2, 0.25) is 0 Å². The number of hydrogen-bond donors (Lipinski definition) is 0. The molecule has 0 unspecified atom stereocenters. The van der Waals surface area contributed by atoms with Crippen molar-refractivity contribution in [2.24, 2.45) is 17.3 Å². The fraction of sp³-hybridized carbons (Fsp3) is 0.909. The Balaban J connectivity index is 4.05. The molecule has 0 aliphatic carbocycles. The van der Waals surface area contributed by atoms with Gasteiger partial charge >= 0.3 is 0 Å². The van der Waals surface area contributed by atoms with Crippen LogP contribution in [0.25, 0.3) is 0 Å². The van der Waals surface area contributed by atoms with Crippen LogP contribution in [0.1, 0.15) is 48.0 Å². The Hall–Kier alpha value is -0.330. The number of rotatable bonds is 3. The van der Waals surface area contributed by atoms with Gasteiger partial charge in [-0.05, 0) is 11.3 Å². The lowest BCUT2D eigenvalue weighted by atomic mass is 9.83. The van der Waals surface area contributed by atoms with E-state index >= 15 is 0 Å². The first kappa shape index (κ1) is 11.7. The van der Waals surface area contributed by atoms with Gasteiger partial charge in [-0.25, -0.2) is 0 Å². The molecule has 0 saturated carbocycles. The molecule has 0 fully saturated rings. The van der Waals surface area contributed by atoms with Crippen molar-refractivity contribution in [3.8, 4) is 0 Å². The number of ketones is 1. The van der Waals surface area contributed by atoms with E-state index in [0.29, 0.717) is 18.1 Å². The largest absolute Gasteiger partial charge is 0.299 e. The molecule has 0 spiro atoms. The zero-order valence-corrected chi connectivity index (χ0v) is 9.27. The molecule has 0 aromatic carbocycles. The molecule has 0 bridgehead atoms. The van der Waals surface area contributed by atoms with E-state index in [2.05, 4.69) is 34.6 Å². The van der Waals surface area contributed by atoms with E-state index < -0.39 is 0 Å². The summed E-state index contributed by atoms with van der Waals surface area (Å²) in [4.78, 5) is 11.6. The topological polar surface area (TPSA) is 17.1 Å². The van der Waals surface area contributed by atoms with E-state index in [-0.39, 0.29) is 11.3 Å². The highest BCUT2D eigenvalue weighted by Crippen LogP contribution is 2.23. The number of carbonyl (C=O) groups excluding carboxylic acids is 1. The Kier molecular flexibility index (Phi) is 3.95. The van der Waals surface area contributed by atoms with Crippen LogP contribution in [0.2, 0.25) is 0 Å². The van der Waals surface area contributed by atoms with Gasteiger partial charge in [0, 0.05) is 12.3 Å². The summed E-state index contributed by atoms with van der Waals surface area (Å²) in [6, 6.07) is 0. The lowest BCUT2D eigenvalue weighted by molar-refractivity contribution is -0.125. The van der Waals surface area contributed by atoms with Gasteiger partial charge in [0.1, 0.15) is 5.78 Å². The molecule has 0 aliphatic heterocycles. The van der Waals surface area contributed by atoms with Crippen molar-refractivity contribution < 1.29 is 4.79 Å². The SMILES string of the molecule is CC(C)[C@@H](C)C(=O)CC(C)(C)C.